The molecule has 8 nitrogen and oxygen atoms in total. The van der Waals surface area contributed by atoms with Crippen molar-refractivity contribution in [2.75, 3.05) is 25.1 Å². The first kappa shape index (κ1) is 25.4. The second-order valence-electron chi connectivity index (χ2n) is 8.63. The molecule has 0 aliphatic heterocycles. The van der Waals surface area contributed by atoms with Gasteiger partial charge in [-0.05, 0) is 51.6 Å². The lowest BCUT2D eigenvalue weighted by molar-refractivity contribution is -0.140. The molecule has 1 atom stereocenters. The van der Waals surface area contributed by atoms with E-state index in [1.165, 1.54) is 0 Å². The molecule has 0 saturated carbocycles. The second kappa shape index (κ2) is 10.9. The maximum atomic E-state index is 12.1. The number of alkyl carbamates (subject to hydrolysis) is 1. The smallest absolute Gasteiger partial charge is 0.407 e. The van der Waals surface area contributed by atoms with E-state index in [1.807, 2.05) is 34.6 Å². The Balaban J connectivity index is 3.07. The lowest BCUT2D eigenvalue weighted by Crippen LogP contribution is -2.46. The normalized spacial score (nSPS) is 13.3. The SMILES string of the molecule is CCOC(OCC)c1cnc(Cl)nc1N[C@H](CNC(=O)OC(C)(C)C)C(C)(C)C. The standard InChI is InChI=1S/C20H35ClN4O4/c1-9-27-16(28-10-2)13-11-22-17(21)25-15(13)24-14(19(3,4)5)12-23-18(26)29-20(6,7)8/h11,14,16H,9-10,12H2,1-8H3,(H,23,26)(H,22,24,25)/t14-/m1/s1. The minimum Gasteiger partial charge on any atom is -0.444 e. The van der Waals surface area contributed by atoms with Gasteiger partial charge in [0.1, 0.15) is 11.4 Å². The van der Waals surface area contributed by atoms with E-state index in [2.05, 4.69) is 41.4 Å². The molecule has 1 rings (SSSR count). The van der Waals surface area contributed by atoms with E-state index in [4.69, 9.17) is 25.8 Å². The van der Waals surface area contributed by atoms with Crippen molar-refractivity contribution >= 4 is 23.5 Å². The van der Waals surface area contributed by atoms with Gasteiger partial charge in [0.05, 0.1) is 5.56 Å². The van der Waals surface area contributed by atoms with Crippen molar-refractivity contribution in [2.45, 2.75) is 73.3 Å². The van der Waals surface area contributed by atoms with Crippen molar-refractivity contribution in [3.8, 4) is 0 Å². The van der Waals surface area contributed by atoms with Gasteiger partial charge >= 0.3 is 6.09 Å². The molecule has 0 aliphatic carbocycles. The largest absolute Gasteiger partial charge is 0.444 e. The van der Waals surface area contributed by atoms with Gasteiger partial charge in [-0.25, -0.2) is 14.8 Å². The van der Waals surface area contributed by atoms with E-state index in [0.29, 0.717) is 31.1 Å². The Morgan fingerprint density at radius 3 is 2.21 bits per heavy atom. The zero-order chi connectivity index (χ0) is 22.2. The van der Waals surface area contributed by atoms with Crippen LogP contribution in [0.3, 0.4) is 0 Å². The van der Waals surface area contributed by atoms with Crippen molar-refractivity contribution in [2.24, 2.45) is 5.41 Å². The van der Waals surface area contributed by atoms with Crippen LogP contribution in [0.5, 0.6) is 0 Å². The van der Waals surface area contributed by atoms with Gasteiger partial charge in [-0.3, -0.25) is 0 Å². The van der Waals surface area contributed by atoms with E-state index >= 15 is 0 Å². The van der Waals surface area contributed by atoms with Gasteiger partial charge in [0.2, 0.25) is 5.28 Å². The summed E-state index contributed by atoms with van der Waals surface area (Å²) in [5.41, 5.74) is -0.134. The topological polar surface area (TPSA) is 94.6 Å². The van der Waals surface area contributed by atoms with Crippen molar-refractivity contribution in [3.63, 3.8) is 0 Å². The van der Waals surface area contributed by atoms with Crippen LogP contribution in [0.2, 0.25) is 5.28 Å². The number of carbonyl (C=O) groups is 1. The Morgan fingerprint density at radius 1 is 1.14 bits per heavy atom. The maximum Gasteiger partial charge on any atom is 0.407 e. The summed E-state index contributed by atoms with van der Waals surface area (Å²) in [7, 11) is 0. The molecule has 29 heavy (non-hydrogen) atoms. The molecule has 0 bridgehead atoms. The van der Waals surface area contributed by atoms with Crippen LogP contribution in [0.25, 0.3) is 0 Å². The molecule has 0 aromatic carbocycles. The summed E-state index contributed by atoms with van der Waals surface area (Å²) in [6.07, 6.45) is 0.495. The lowest BCUT2D eigenvalue weighted by atomic mass is 9.86. The molecule has 0 aliphatic rings. The average molecular weight is 431 g/mol. The van der Waals surface area contributed by atoms with E-state index < -0.39 is 18.0 Å². The van der Waals surface area contributed by atoms with E-state index in [-0.39, 0.29) is 16.7 Å². The Labute approximate surface area is 179 Å². The minimum atomic E-state index is -0.621. The van der Waals surface area contributed by atoms with Crippen molar-refractivity contribution in [1.82, 2.24) is 15.3 Å². The fraction of sp³-hybridized carbons (Fsp3) is 0.750. The number of hydrogen-bond donors (Lipinski definition) is 2. The molecular weight excluding hydrogens is 396 g/mol. The molecule has 2 N–H and O–H groups in total. The van der Waals surface area contributed by atoms with Crippen LogP contribution >= 0.6 is 11.6 Å². The number of nitrogens with zero attached hydrogens (tertiary/aromatic N) is 2. The second-order valence-corrected chi connectivity index (χ2v) is 8.97. The van der Waals surface area contributed by atoms with Crippen molar-refractivity contribution in [3.05, 3.63) is 17.0 Å². The highest BCUT2D eigenvalue weighted by Gasteiger charge is 2.29. The maximum absolute atomic E-state index is 12.1. The Morgan fingerprint density at radius 2 is 1.72 bits per heavy atom. The summed E-state index contributed by atoms with van der Waals surface area (Å²) >= 11 is 6.04. The third-order valence-corrected chi connectivity index (χ3v) is 4.07. The summed E-state index contributed by atoms with van der Waals surface area (Å²) in [6.45, 7) is 16.7. The van der Waals surface area contributed by atoms with Gasteiger partial charge in [-0.15, -0.1) is 0 Å². The zero-order valence-corrected chi connectivity index (χ0v) is 19.5. The van der Waals surface area contributed by atoms with Gasteiger partial charge in [0.25, 0.3) is 0 Å². The minimum absolute atomic E-state index is 0.107. The summed E-state index contributed by atoms with van der Waals surface area (Å²) in [5.74, 6) is 0.503. The van der Waals surface area contributed by atoms with Gasteiger partial charge in [-0.2, -0.15) is 0 Å². The highest BCUT2D eigenvalue weighted by Crippen LogP contribution is 2.29. The Hall–Kier alpha value is -1.64. The third kappa shape index (κ3) is 9.14. The molecule has 0 unspecified atom stereocenters. The summed E-state index contributed by atoms with van der Waals surface area (Å²) < 4.78 is 16.7. The number of halogens is 1. The molecule has 1 aromatic heterocycles. The first-order valence-corrected chi connectivity index (χ1v) is 10.2. The van der Waals surface area contributed by atoms with E-state index in [0.717, 1.165) is 0 Å². The monoisotopic (exact) mass is 430 g/mol. The van der Waals surface area contributed by atoms with Crippen molar-refractivity contribution < 1.29 is 19.0 Å². The van der Waals surface area contributed by atoms with Crippen LogP contribution in [0.1, 0.15) is 67.2 Å². The number of carbonyl (C=O) groups excluding carboxylic acids is 1. The van der Waals surface area contributed by atoms with Gasteiger partial charge in [0.15, 0.2) is 6.29 Å². The number of hydrogen-bond acceptors (Lipinski definition) is 7. The number of aromatic nitrogens is 2. The first-order chi connectivity index (χ1) is 13.4. The molecule has 1 heterocycles. The van der Waals surface area contributed by atoms with Crippen LogP contribution in [0, 0.1) is 5.41 Å². The molecular formula is C20H35ClN4O4. The molecule has 166 valence electrons. The average Bonchev–Trinajstić information content (AvgIpc) is 2.56. The lowest BCUT2D eigenvalue weighted by Gasteiger charge is -2.33. The highest BCUT2D eigenvalue weighted by molar-refractivity contribution is 6.28. The Bertz CT molecular complexity index is 653. The summed E-state index contributed by atoms with van der Waals surface area (Å²) in [4.78, 5) is 20.5. The first-order valence-electron chi connectivity index (χ1n) is 9.86. The summed E-state index contributed by atoms with van der Waals surface area (Å²) in [5, 5.41) is 6.30. The molecule has 0 saturated heterocycles. The predicted octanol–water partition coefficient (Wildman–Crippen LogP) is 4.55. The molecule has 1 amide bonds. The van der Waals surface area contributed by atoms with Crippen LogP contribution in [0.4, 0.5) is 10.6 Å². The molecule has 1 aromatic rings. The number of rotatable bonds is 9. The van der Waals surface area contributed by atoms with Gasteiger partial charge < -0.3 is 24.8 Å². The molecule has 0 fully saturated rings. The number of nitrogens with one attached hydrogen (secondary N) is 2. The van der Waals surface area contributed by atoms with E-state index in [9.17, 15) is 4.79 Å². The Kier molecular flexibility index (Phi) is 9.58. The van der Waals surface area contributed by atoms with Gasteiger partial charge in [-0.1, -0.05) is 20.8 Å². The number of anilines is 1. The van der Waals surface area contributed by atoms with Crippen LogP contribution < -0.4 is 10.6 Å². The number of amides is 1. The molecule has 0 radical (unpaired) electrons. The van der Waals surface area contributed by atoms with Crippen LogP contribution in [-0.2, 0) is 14.2 Å². The quantitative estimate of drug-likeness (QED) is 0.438. The summed E-state index contributed by atoms with van der Waals surface area (Å²) in [6, 6.07) is -0.177. The number of ether oxygens (including phenoxy) is 3. The highest BCUT2D eigenvalue weighted by atomic mass is 35.5. The van der Waals surface area contributed by atoms with Crippen LogP contribution in [-0.4, -0.2) is 47.5 Å². The fourth-order valence-electron chi connectivity index (χ4n) is 2.43. The zero-order valence-electron chi connectivity index (χ0n) is 18.8. The van der Waals surface area contributed by atoms with Crippen molar-refractivity contribution in [1.29, 1.82) is 0 Å². The molecule has 9 heteroatoms. The fourth-order valence-corrected chi connectivity index (χ4v) is 2.56. The third-order valence-electron chi connectivity index (χ3n) is 3.88. The molecule has 0 spiro atoms. The van der Waals surface area contributed by atoms with Crippen LogP contribution in [0.15, 0.2) is 6.20 Å². The predicted molar refractivity (Wildman–Crippen MR) is 114 cm³/mol. The van der Waals surface area contributed by atoms with E-state index in [1.54, 1.807) is 6.20 Å². The van der Waals surface area contributed by atoms with Gasteiger partial charge in [0, 0.05) is 32.0 Å².